The lowest BCUT2D eigenvalue weighted by atomic mass is 10.1. The lowest BCUT2D eigenvalue weighted by Gasteiger charge is -2.18. The number of aromatic carboxylic acids is 1. The maximum absolute atomic E-state index is 13.4. The molecule has 1 heterocycles. The Balaban J connectivity index is 2.38. The van der Waals surface area contributed by atoms with Crippen molar-refractivity contribution >= 4 is 28.7 Å². The lowest BCUT2D eigenvalue weighted by Crippen LogP contribution is -2.14. The van der Waals surface area contributed by atoms with E-state index < -0.39 is 11.8 Å². The number of benzene rings is 1. The molecule has 0 fully saturated rings. The summed E-state index contributed by atoms with van der Waals surface area (Å²) in [5, 5.41) is 14.9. The molecule has 0 aliphatic rings. The molecule has 2 rings (SSSR count). The minimum atomic E-state index is -1.27. The molecule has 0 saturated heterocycles. The fraction of sp³-hybridized carbons (Fsp3) is 0.231. The average molecular weight is 295 g/mol. The number of rotatable bonds is 5. The van der Waals surface area contributed by atoms with Crippen molar-refractivity contribution in [1.29, 1.82) is 0 Å². The van der Waals surface area contributed by atoms with Crippen molar-refractivity contribution in [3.8, 4) is 0 Å². The van der Waals surface area contributed by atoms with Gasteiger partial charge in [-0.3, -0.25) is 0 Å². The van der Waals surface area contributed by atoms with E-state index in [-0.39, 0.29) is 17.3 Å². The molecular weight excluding hydrogens is 281 g/mol. The summed E-state index contributed by atoms with van der Waals surface area (Å²) in [5.41, 5.74) is 5.19. The first-order chi connectivity index (χ1) is 9.54. The van der Waals surface area contributed by atoms with E-state index in [1.807, 2.05) is 12.3 Å². The second-order valence-electron chi connectivity index (χ2n) is 4.16. The minimum absolute atomic E-state index is 0.141. The summed E-state index contributed by atoms with van der Waals surface area (Å²) in [6, 6.07) is 2.39. The van der Waals surface area contributed by atoms with Crippen LogP contribution in [0, 0.1) is 5.82 Å². The fourth-order valence-electron chi connectivity index (χ4n) is 1.88. The highest BCUT2D eigenvalue weighted by molar-refractivity contribution is 7.09. The molecule has 2 aromatic rings. The molecule has 0 bridgehead atoms. The number of nitrogens with two attached hydrogens (primary N) is 1. The zero-order chi connectivity index (χ0) is 14.7. The SMILES string of the molecule is CCC(Nc1ccc(F)c(N)c1C(=O)O)c1nccs1. The molecule has 5 nitrogen and oxygen atoms in total. The van der Waals surface area contributed by atoms with Crippen molar-refractivity contribution < 1.29 is 14.3 Å². The monoisotopic (exact) mass is 295 g/mol. The minimum Gasteiger partial charge on any atom is -0.478 e. The van der Waals surface area contributed by atoms with E-state index in [0.717, 1.165) is 11.1 Å². The number of nitrogens with zero attached hydrogens (tertiary/aromatic N) is 1. The van der Waals surface area contributed by atoms with Gasteiger partial charge in [0.2, 0.25) is 0 Å². The third kappa shape index (κ3) is 2.72. The fourth-order valence-corrected chi connectivity index (χ4v) is 2.65. The van der Waals surface area contributed by atoms with Crippen LogP contribution in [0.2, 0.25) is 0 Å². The number of carbonyl (C=O) groups is 1. The van der Waals surface area contributed by atoms with Crippen molar-refractivity contribution in [2.75, 3.05) is 11.1 Å². The Morgan fingerprint density at radius 3 is 2.90 bits per heavy atom. The van der Waals surface area contributed by atoms with Crippen molar-refractivity contribution in [3.05, 3.63) is 40.1 Å². The van der Waals surface area contributed by atoms with Gasteiger partial charge in [-0.15, -0.1) is 11.3 Å². The van der Waals surface area contributed by atoms with Gasteiger partial charge in [0.15, 0.2) is 0 Å². The number of carboxylic acid groups (broad SMARTS) is 1. The van der Waals surface area contributed by atoms with Gasteiger partial charge in [-0.05, 0) is 18.6 Å². The predicted molar refractivity (Wildman–Crippen MR) is 76.5 cm³/mol. The number of carboxylic acids is 1. The molecule has 1 unspecified atom stereocenters. The van der Waals surface area contributed by atoms with Gasteiger partial charge in [-0.25, -0.2) is 14.2 Å². The molecule has 1 aromatic heterocycles. The van der Waals surface area contributed by atoms with Gasteiger partial charge in [0, 0.05) is 11.6 Å². The highest BCUT2D eigenvalue weighted by atomic mass is 32.1. The van der Waals surface area contributed by atoms with Crippen LogP contribution in [-0.4, -0.2) is 16.1 Å². The van der Waals surface area contributed by atoms with Crippen molar-refractivity contribution in [2.24, 2.45) is 0 Å². The standard InChI is InChI=1S/C13H14FN3O2S/c1-2-8(12-16-5-6-20-12)17-9-4-3-7(14)11(15)10(9)13(18)19/h3-6,8,17H,2,15H2,1H3,(H,18,19). The summed E-state index contributed by atoms with van der Waals surface area (Å²) in [6.07, 6.45) is 2.39. The molecule has 20 heavy (non-hydrogen) atoms. The molecule has 0 radical (unpaired) electrons. The summed E-state index contributed by atoms with van der Waals surface area (Å²) in [7, 11) is 0. The Kier molecular flexibility index (Phi) is 4.19. The summed E-state index contributed by atoms with van der Waals surface area (Å²) < 4.78 is 13.4. The first-order valence-corrected chi connectivity index (χ1v) is 6.89. The summed E-state index contributed by atoms with van der Waals surface area (Å²) in [5.74, 6) is -2.01. The van der Waals surface area contributed by atoms with Gasteiger partial charge >= 0.3 is 5.97 Å². The van der Waals surface area contributed by atoms with Crippen LogP contribution < -0.4 is 11.1 Å². The molecule has 0 spiro atoms. The van der Waals surface area contributed by atoms with Gasteiger partial charge in [0.25, 0.3) is 0 Å². The molecule has 1 aromatic carbocycles. The molecular formula is C13H14FN3O2S. The number of halogens is 1. The topological polar surface area (TPSA) is 88.2 Å². The van der Waals surface area contributed by atoms with Crippen molar-refractivity contribution in [3.63, 3.8) is 0 Å². The van der Waals surface area contributed by atoms with Crippen LogP contribution in [0.1, 0.15) is 34.8 Å². The van der Waals surface area contributed by atoms with E-state index in [1.165, 1.54) is 17.4 Å². The second-order valence-corrected chi connectivity index (χ2v) is 5.09. The van der Waals surface area contributed by atoms with Crippen molar-refractivity contribution in [1.82, 2.24) is 4.98 Å². The first-order valence-electron chi connectivity index (χ1n) is 6.01. The van der Waals surface area contributed by atoms with E-state index in [0.29, 0.717) is 12.1 Å². The van der Waals surface area contributed by atoms with E-state index >= 15 is 0 Å². The molecule has 0 amide bonds. The summed E-state index contributed by atoms with van der Waals surface area (Å²) in [4.78, 5) is 15.5. The number of anilines is 2. The largest absolute Gasteiger partial charge is 0.478 e. The van der Waals surface area contributed by atoms with E-state index in [9.17, 15) is 14.3 Å². The number of aromatic nitrogens is 1. The molecule has 0 aliphatic carbocycles. The third-order valence-corrected chi connectivity index (χ3v) is 3.78. The average Bonchev–Trinajstić information content (AvgIpc) is 2.93. The van der Waals surface area contributed by atoms with Crippen LogP contribution in [0.25, 0.3) is 0 Å². The second kappa shape index (κ2) is 5.87. The van der Waals surface area contributed by atoms with Crippen LogP contribution in [0.5, 0.6) is 0 Å². The number of thiazole rings is 1. The molecule has 106 valence electrons. The first kappa shape index (κ1) is 14.3. The molecule has 0 aliphatic heterocycles. The zero-order valence-electron chi connectivity index (χ0n) is 10.8. The molecule has 4 N–H and O–H groups in total. The highest BCUT2D eigenvalue weighted by Gasteiger charge is 2.20. The smallest absolute Gasteiger partial charge is 0.340 e. The maximum atomic E-state index is 13.4. The van der Waals surface area contributed by atoms with Gasteiger partial charge in [-0.1, -0.05) is 6.92 Å². The Morgan fingerprint density at radius 2 is 2.35 bits per heavy atom. The van der Waals surface area contributed by atoms with Gasteiger partial charge in [-0.2, -0.15) is 0 Å². The van der Waals surface area contributed by atoms with Crippen LogP contribution in [0.3, 0.4) is 0 Å². The zero-order valence-corrected chi connectivity index (χ0v) is 11.6. The van der Waals surface area contributed by atoms with E-state index in [2.05, 4.69) is 10.3 Å². The summed E-state index contributed by atoms with van der Waals surface area (Å²) in [6.45, 7) is 1.95. The molecule has 0 saturated carbocycles. The quantitative estimate of drug-likeness (QED) is 0.738. The van der Waals surface area contributed by atoms with Crippen LogP contribution in [-0.2, 0) is 0 Å². The van der Waals surface area contributed by atoms with E-state index in [4.69, 9.17) is 5.73 Å². The van der Waals surface area contributed by atoms with Crippen LogP contribution in [0.15, 0.2) is 23.7 Å². The van der Waals surface area contributed by atoms with Crippen LogP contribution in [0.4, 0.5) is 15.8 Å². The predicted octanol–water partition coefficient (Wildman–Crippen LogP) is 3.13. The number of hydrogen-bond donors (Lipinski definition) is 3. The van der Waals surface area contributed by atoms with Gasteiger partial charge in [0.1, 0.15) is 16.4 Å². The molecule has 1 atom stereocenters. The third-order valence-electron chi connectivity index (χ3n) is 2.89. The number of nitrogens with one attached hydrogen (secondary N) is 1. The number of hydrogen-bond acceptors (Lipinski definition) is 5. The van der Waals surface area contributed by atoms with Gasteiger partial charge in [0.05, 0.1) is 17.4 Å². The van der Waals surface area contributed by atoms with Crippen molar-refractivity contribution in [2.45, 2.75) is 19.4 Å². The number of nitrogen functional groups attached to an aromatic ring is 1. The maximum Gasteiger partial charge on any atom is 0.340 e. The Bertz CT molecular complexity index is 616. The molecule has 7 heteroatoms. The lowest BCUT2D eigenvalue weighted by molar-refractivity contribution is 0.0698. The Labute approximate surface area is 119 Å². The Hall–Kier alpha value is -2.15. The van der Waals surface area contributed by atoms with E-state index in [1.54, 1.807) is 6.20 Å². The Morgan fingerprint density at radius 1 is 1.60 bits per heavy atom. The van der Waals surface area contributed by atoms with Gasteiger partial charge < -0.3 is 16.2 Å². The van der Waals surface area contributed by atoms with Crippen LogP contribution >= 0.6 is 11.3 Å². The highest BCUT2D eigenvalue weighted by Crippen LogP contribution is 2.30. The normalized spacial score (nSPS) is 12.1. The summed E-state index contributed by atoms with van der Waals surface area (Å²) >= 11 is 1.47.